The standard InChI is InChI=1S/C24H27F3N2O2/c1-18(30)29-14-10-20-6-2-3-8-22(20)23(29)11-15-28(16-12-23)13-9-19-5-4-7-21(17-19)31-24(25,26)27/h2-8,17H,9-16H2,1H3. The summed E-state index contributed by atoms with van der Waals surface area (Å²) < 4.78 is 41.4. The van der Waals surface area contributed by atoms with Crippen LogP contribution < -0.4 is 4.74 Å². The Morgan fingerprint density at radius 1 is 1.06 bits per heavy atom. The van der Waals surface area contributed by atoms with Gasteiger partial charge >= 0.3 is 6.36 Å². The summed E-state index contributed by atoms with van der Waals surface area (Å²) in [6.07, 6.45) is -1.42. The number of fused-ring (bicyclic) bond motifs is 2. The molecular formula is C24H27F3N2O2. The summed E-state index contributed by atoms with van der Waals surface area (Å²) in [5.74, 6) is -0.0667. The van der Waals surface area contributed by atoms with Gasteiger partial charge in [-0.2, -0.15) is 0 Å². The lowest BCUT2D eigenvalue weighted by atomic mass is 9.74. The van der Waals surface area contributed by atoms with E-state index >= 15 is 0 Å². The Bertz CT molecular complexity index is 936. The quantitative estimate of drug-likeness (QED) is 0.712. The molecule has 4 nitrogen and oxygen atoms in total. The topological polar surface area (TPSA) is 32.8 Å². The van der Waals surface area contributed by atoms with Gasteiger partial charge in [-0.25, -0.2) is 0 Å². The van der Waals surface area contributed by atoms with Crippen molar-refractivity contribution in [1.29, 1.82) is 0 Å². The minimum atomic E-state index is -4.68. The lowest BCUT2D eigenvalue weighted by molar-refractivity contribution is -0.274. The maximum Gasteiger partial charge on any atom is 0.573 e. The van der Waals surface area contributed by atoms with Crippen molar-refractivity contribution in [1.82, 2.24) is 9.80 Å². The van der Waals surface area contributed by atoms with Gasteiger partial charge in [-0.1, -0.05) is 36.4 Å². The van der Waals surface area contributed by atoms with Crippen molar-refractivity contribution in [3.8, 4) is 5.75 Å². The number of hydrogen-bond donors (Lipinski definition) is 0. The molecule has 1 saturated heterocycles. The van der Waals surface area contributed by atoms with Crippen molar-refractivity contribution in [2.45, 2.75) is 44.5 Å². The van der Waals surface area contributed by atoms with Crippen LogP contribution in [0.3, 0.4) is 0 Å². The summed E-state index contributed by atoms with van der Waals surface area (Å²) in [4.78, 5) is 16.8. The summed E-state index contributed by atoms with van der Waals surface area (Å²) in [6, 6.07) is 14.6. The van der Waals surface area contributed by atoms with Crippen molar-refractivity contribution >= 4 is 5.91 Å². The number of carbonyl (C=O) groups is 1. The summed E-state index contributed by atoms with van der Waals surface area (Å²) >= 11 is 0. The number of nitrogens with zero attached hydrogens (tertiary/aromatic N) is 2. The minimum Gasteiger partial charge on any atom is -0.406 e. The molecule has 2 aliphatic heterocycles. The highest BCUT2D eigenvalue weighted by Crippen LogP contribution is 2.43. The predicted octanol–water partition coefficient (Wildman–Crippen LogP) is 4.52. The van der Waals surface area contributed by atoms with Crippen LogP contribution in [0.25, 0.3) is 0 Å². The molecule has 2 aromatic rings. The molecule has 1 spiro atoms. The van der Waals surface area contributed by atoms with Gasteiger partial charge in [0.05, 0.1) is 5.54 Å². The van der Waals surface area contributed by atoms with Crippen LogP contribution in [0, 0.1) is 0 Å². The molecule has 0 bridgehead atoms. The van der Waals surface area contributed by atoms with E-state index in [1.807, 2.05) is 17.0 Å². The molecule has 0 N–H and O–H groups in total. The molecule has 0 atom stereocenters. The van der Waals surface area contributed by atoms with Crippen LogP contribution >= 0.6 is 0 Å². The van der Waals surface area contributed by atoms with Crippen LogP contribution in [0.2, 0.25) is 0 Å². The number of amides is 1. The molecule has 1 amide bonds. The fourth-order valence-electron chi connectivity index (χ4n) is 5.11. The Morgan fingerprint density at radius 3 is 2.52 bits per heavy atom. The van der Waals surface area contributed by atoms with Crippen LogP contribution in [0.1, 0.15) is 36.5 Å². The van der Waals surface area contributed by atoms with Gasteiger partial charge in [0.15, 0.2) is 0 Å². The number of likely N-dealkylation sites (tertiary alicyclic amines) is 1. The number of ether oxygens (including phenoxy) is 1. The number of piperidine rings is 1. The molecule has 1 fully saturated rings. The van der Waals surface area contributed by atoms with Gasteiger partial charge in [-0.15, -0.1) is 13.2 Å². The Kier molecular flexibility index (Phi) is 5.97. The molecular weight excluding hydrogens is 405 g/mol. The number of rotatable bonds is 4. The third kappa shape index (κ3) is 4.71. The smallest absolute Gasteiger partial charge is 0.406 e. The van der Waals surface area contributed by atoms with Gasteiger partial charge in [0, 0.05) is 33.1 Å². The van der Waals surface area contributed by atoms with Crippen molar-refractivity contribution in [3.05, 3.63) is 65.2 Å². The first-order chi connectivity index (χ1) is 14.8. The minimum absolute atomic E-state index is 0.115. The normalized spacial score (nSPS) is 18.6. The molecule has 0 aliphatic carbocycles. The van der Waals surface area contributed by atoms with Gasteiger partial charge in [0.1, 0.15) is 5.75 Å². The average Bonchev–Trinajstić information content (AvgIpc) is 2.72. The van der Waals surface area contributed by atoms with Crippen LogP contribution in [-0.4, -0.2) is 48.2 Å². The van der Waals surface area contributed by atoms with E-state index in [0.717, 1.165) is 51.0 Å². The Hall–Kier alpha value is -2.54. The van der Waals surface area contributed by atoms with E-state index in [1.54, 1.807) is 13.0 Å². The zero-order valence-corrected chi connectivity index (χ0v) is 17.6. The van der Waals surface area contributed by atoms with E-state index in [0.29, 0.717) is 6.42 Å². The van der Waals surface area contributed by atoms with Crippen molar-refractivity contribution < 1.29 is 22.7 Å². The molecule has 0 aromatic heterocycles. The Labute approximate surface area is 180 Å². The molecule has 2 aliphatic rings. The van der Waals surface area contributed by atoms with Gasteiger partial charge in [-0.3, -0.25) is 4.79 Å². The maximum atomic E-state index is 12.5. The highest BCUT2D eigenvalue weighted by atomic mass is 19.4. The second kappa shape index (κ2) is 8.54. The van der Waals surface area contributed by atoms with Crippen LogP contribution in [0.15, 0.2) is 48.5 Å². The summed E-state index contributed by atoms with van der Waals surface area (Å²) in [5, 5.41) is 0. The molecule has 0 radical (unpaired) electrons. The van der Waals surface area contributed by atoms with Gasteiger partial charge in [0.2, 0.25) is 5.91 Å². The van der Waals surface area contributed by atoms with Crippen LogP contribution in [0.4, 0.5) is 13.2 Å². The number of hydrogen-bond acceptors (Lipinski definition) is 3. The number of halogens is 3. The van der Waals surface area contributed by atoms with E-state index in [2.05, 4.69) is 27.8 Å². The van der Waals surface area contributed by atoms with Crippen molar-refractivity contribution in [2.24, 2.45) is 0 Å². The Balaban J connectivity index is 1.42. The van der Waals surface area contributed by atoms with E-state index in [-0.39, 0.29) is 17.2 Å². The molecule has 2 heterocycles. The third-order valence-electron chi connectivity index (χ3n) is 6.55. The number of benzene rings is 2. The zero-order valence-electron chi connectivity index (χ0n) is 17.6. The monoisotopic (exact) mass is 432 g/mol. The van der Waals surface area contributed by atoms with E-state index < -0.39 is 6.36 Å². The molecule has 31 heavy (non-hydrogen) atoms. The third-order valence-corrected chi connectivity index (χ3v) is 6.55. The highest BCUT2D eigenvalue weighted by molar-refractivity contribution is 5.75. The molecule has 0 saturated carbocycles. The van der Waals surface area contributed by atoms with E-state index in [4.69, 9.17) is 0 Å². The second-order valence-corrected chi connectivity index (χ2v) is 8.40. The lowest BCUT2D eigenvalue weighted by Crippen LogP contribution is -2.57. The van der Waals surface area contributed by atoms with Crippen molar-refractivity contribution in [3.63, 3.8) is 0 Å². The van der Waals surface area contributed by atoms with E-state index in [1.165, 1.54) is 23.3 Å². The Morgan fingerprint density at radius 2 is 1.81 bits per heavy atom. The molecule has 166 valence electrons. The predicted molar refractivity (Wildman–Crippen MR) is 112 cm³/mol. The summed E-state index contributed by atoms with van der Waals surface area (Å²) in [5.41, 5.74) is 3.16. The fraction of sp³-hybridized carbons (Fsp3) is 0.458. The van der Waals surface area contributed by atoms with E-state index in [9.17, 15) is 18.0 Å². The first-order valence-corrected chi connectivity index (χ1v) is 10.7. The molecule has 2 aromatic carbocycles. The van der Waals surface area contributed by atoms with Crippen LogP contribution in [-0.2, 0) is 23.2 Å². The van der Waals surface area contributed by atoms with Gasteiger partial charge in [-0.05, 0) is 54.5 Å². The lowest BCUT2D eigenvalue weighted by Gasteiger charge is -2.52. The fourth-order valence-corrected chi connectivity index (χ4v) is 5.11. The molecule has 4 rings (SSSR count). The molecule has 7 heteroatoms. The first-order valence-electron chi connectivity index (χ1n) is 10.7. The van der Waals surface area contributed by atoms with Crippen molar-refractivity contribution in [2.75, 3.05) is 26.2 Å². The largest absolute Gasteiger partial charge is 0.573 e. The highest BCUT2D eigenvalue weighted by Gasteiger charge is 2.45. The van der Waals surface area contributed by atoms with Crippen LogP contribution in [0.5, 0.6) is 5.75 Å². The SMILES string of the molecule is CC(=O)N1CCc2ccccc2C12CCN(CCc1cccc(OC(F)(F)F)c1)CC2. The first kappa shape index (κ1) is 21.7. The van der Waals surface area contributed by atoms with Gasteiger partial charge < -0.3 is 14.5 Å². The summed E-state index contributed by atoms with van der Waals surface area (Å²) in [7, 11) is 0. The zero-order chi connectivity index (χ0) is 22.1. The number of alkyl halides is 3. The van der Waals surface area contributed by atoms with Gasteiger partial charge in [0.25, 0.3) is 0 Å². The molecule has 0 unspecified atom stereocenters. The summed E-state index contributed by atoms with van der Waals surface area (Å²) in [6.45, 7) is 4.84. The average molecular weight is 432 g/mol. The number of carbonyl (C=O) groups excluding carboxylic acids is 1. The second-order valence-electron chi connectivity index (χ2n) is 8.40. The maximum absolute atomic E-state index is 12.5.